The molecular formula is C20H22BN5S. The van der Waals surface area contributed by atoms with Crippen molar-refractivity contribution in [3.8, 4) is 10.6 Å². The average molecular weight is 375 g/mol. The molecule has 0 unspecified atom stereocenters. The number of piperazine rings is 1. The fraction of sp³-hybridized carbons (Fsp3) is 0.300. The Morgan fingerprint density at radius 2 is 1.96 bits per heavy atom. The highest BCUT2D eigenvalue weighted by atomic mass is 32.1. The van der Waals surface area contributed by atoms with Gasteiger partial charge in [-0.05, 0) is 41.7 Å². The van der Waals surface area contributed by atoms with E-state index in [4.69, 9.17) is 7.85 Å². The highest BCUT2D eigenvalue weighted by Gasteiger charge is 2.14. The van der Waals surface area contributed by atoms with E-state index in [1.165, 1.54) is 16.9 Å². The van der Waals surface area contributed by atoms with Crippen LogP contribution in [0.25, 0.3) is 10.6 Å². The molecule has 5 nitrogen and oxygen atoms in total. The Kier molecular flexibility index (Phi) is 5.52. The minimum absolute atomic E-state index is 0.594. The summed E-state index contributed by atoms with van der Waals surface area (Å²) < 4.78 is 0.787. The zero-order valence-electron chi connectivity index (χ0n) is 15.4. The monoisotopic (exact) mass is 375 g/mol. The number of nitrogens with one attached hydrogen (secondary N) is 1. The van der Waals surface area contributed by atoms with Crippen molar-refractivity contribution in [3.05, 3.63) is 54.2 Å². The molecule has 3 heterocycles. The number of benzene rings is 1. The van der Waals surface area contributed by atoms with Crippen molar-refractivity contribution in [1.29, 1.82) is 0 Å². The van der Waals surface area contributed by atoms with Gasteiger partial charge in [-0.15, -0.1) is 0 Å². The smallest absolute Gasteiger partial charge is 0.227 e. The van der Waals surface area contributed by atoms with Crippen LogP contribution in [0.3, 0.4) is 0 Å². The largest absolute Gasteiger partial charge is 0.324 e. The van der Waals surface area contributed by atoms with Crippen LogP contribution in [-0.2, 0) is 6.54 Å². The third-order valence-corrected chi connectivity index (χ3v) is 5.66. The van der Waals surface area contributed by atoms with E-state index in [1.807, 2.05) is 24.3 Å². The SMILES string of the molecule is [B]c1ccc(-c2ccnc(Nc3cccc(CN4CCN(C)CC4)c3)n2)s1. The maximum atomic E-state index is 5.83. The molecule has 3 aromatic rings. The molecule has 1 saturated heterocycles. The van der Waals surface area contributed by atoms with Gasteiger partial charge < -0.3 is 10.2 Å². The summed E-state index contributed by atoms with van der Waals surface area (Å²) in [6, 6.07) is 14.3. The summed E-state index contributed by atoms with van der Waals surface area (Å²) >= 11 is 1.53. The van der Waals surface area contributed by atoms with E-state index < -0.39 is 0 Å². The highest BCUT2D eigenvalue weighted by molar-refractivity contribution is 7.23. The molecule has 1 aliphatic heterocycles. The van der Waals surface area contributed by atoms with Gasteiger partial charge in [0.1, 0.15) is 7.85 Å². The number of aromatic nitrogens is 2. The Morgan fingerprint density at radius 3 is 2.74 bits per heavy atom. The molecule has 1 aromatic carbocycles. The molecule has 27 heavy (non-hydrogen) atoms. The minimum Gasteiger partial charge on any atom is -0.324 e. The zero-order chi connectivity index (χ0) is 18.6. The number of nitrogens with zero attached hydrogens (tertiary/aromatic N) is 4. The van der Waals surface area contributed by atoms with Crippen molar-refractivity contribution < 1.29 is 0 Å². The summed E-state index contributed by atoms with van der Waals surface area (Å²) in [6.07, 6.45) is 1.77. The van der Waals surface area contributed by atoms with Crippen LogP contribution in [0, 0.1) is 0 Å². The first-order chi connectivity index (χ1) is 13.2. The second kappa shape index (κ2) is 8.21. The molecule has 1 fully saturated rings. The molecule has 0 bridgehead atoms. The van der Waals surface area contributed by atoms with E-state index in [0.29, 0.717) is 5.95 Å². The van der Waals surface area contributed by atoms with Crippen LogP contribution in [0.4, 0.5) is 11.6 Å². The van der Waals surface area contributed by atoms with Gasteiger partial charge >= 0.3 is 0 Å². The first kappa shape index (κ1) is 18.2. The lowest BCUT2D eigenvalue weighted by molar-refractivity contribution is 0.148. The van der Waals surface area contributed by atoms with E-state index in [0.717, 1.165) is 53.8 Å². The van der Waals surface area contributed by atoms with Gasteiger partial charge in [0.25, 0.3) is 0 Å². The lowest BCUT2D eigenvalue weighted by Gasteiger charge is -2.32. The van der Waals surface area contributed by atoms with E-state index >= 15 is 0 Å². The molecule has 0 spiro atoms. The van der Waals surface area contributed by atoms with Gasteiger partial charge in [-0.2, -0.15) is 11.3 Å². The standard InChI is InChI=1S/C20H22BN5S/c1-25-9-11-26(12-10-25)14-15-3-2-4-16(13-15)23-20-22-8-7-17(24-20)18-5-6-19(21)27-18/h2-8,13H,9-12,14H2,1H3,(H,22,23,24). The van der Waals surface area contributed by atoms with Crippen molar-refractivity contribution in [1.82, 2.24) is 19.8 Å². The van der Waals surface area contributed by atoms with Crippen LogP contribution in [0.15, 0.2) is 48.7 Å². The van der Waals surface area contributed by atoms with Gasteiger partial charge in [-0.25, -0.2) is 9.97 Å². The van der Waals surface area contributed by atoms with E-state index in [1.54, 1.807) is 6.20 Å². The second-order valence-corrected chi connectivity index (χ2v) is 7.99. The molecule has 2 radical (unpaired) electrons. The molecule has 0 saturated carbocycles. The van der Waals surface area contributed by atoms with Crippen molar-refractivity contribution >= 4 is 35.6 Å². The lowest BCUT2D eigenvalue weighted by Crippen LogP contribution is -2.43. The van der Waals surface area contributed by atoms with Crippen molar-refractivity contribution in [2.75, 3.05) is 38.5 Å². The normalized spacial score (nSPS) is 15.7. The lowest BCUT2D eigenvalue weighted by atomic mass is 10.1. The fourth-order valence-corrected chi connectivity index (χ4v) is 3.93. The van der Waals surface area contributed by atoms with Gasteiger partial charge in [-0.1, -0.05) is 18.2 Å². The predicted octanol–water partition coefficient (Wildman–Crippen LogP) is 2.49. The van der Waals surface area contributed by atoms with Crippen molar-refractivity contribution in [3.63, 3.8) is 0 Å². The summed E-state index contributed by atoms with van der Waals surface area (Å²) in [5, 5.41) is 3.33. The Bertz CT molecular complexity index is 905. The van der Waals surface area contributed by atoms with Gasteiger partial charge in [-0.3, -0.25) is 4.90 Å². The third-order valence-electron chi connectivity index (χ3n) is 4.72. The highest BCUT2D eigenvalue weighted by Crippen LogP contribution is 2.23. The predicted molar refractivity (Wildman–Crippen MR) is 113 cm³/mol. The number of hydrogen-bond acceptors (Lipinski definition) is 6. The van der Waals surface area contributed by atoms with E-state index in [-0.39, 0.29) is 0 Å². The maximum absolute atomic E-state index is 5.83. The molecule has 0 aliphatic carbocycles. The van der Waals surface area contributed by atoms with Crippen molar-refractivity contribution in [2.24, 2.45) is 0 Å². The summed E-state index contributed by atoms with van der Waals surface area (Å²) in [6.45, 7) is 5.46. The van der Waals surface area contributed by atoms with Crippen LogP contribution in [0.2, 0.25) is 0 Å². The van der Waals surface area contributed by atoms with Crippen LogP contribution < -0.4 is 10.1 Å². The van der Waals surface area contributed by atoms with Gasteiger partial charge in [0.15, 0.2) is 0 Å². The van der Waals surface area contributed by atoms with Gasteiger partial charge in [0.05, 0.1) is 10.6 Å². The molecular weight excluding hydrogens is 353 g/mol. The molecule has 0 amide bonds. The number of likely N-dealkylation sites (N-methyl/N-ethyl adjacent to an activating group) is 1. The zero-order valence-corrected chi connectivity index (χ0v) is 16.2. The number of anilines is 2. The molecule has 2 aromatic heterocycles. The minimum atomic E-state index is 0.594. The first-order valence-corrected chi connectivity index (χ1v) is 9.93. The van der Waals surface area contributed by atoms with E-state index in [2.05, 4.69) is 50.3 Å². The summed E-state index contributed by atoms with van der Waals surface area (Å²) in [7, 11) is 8.01. The van der Waals surface area contributed by atoms with E-state index in [9.17, 15) is 0 Å². The topological polar surface area (TPSA) is 44.3 Å². The molecule has 1 N–H and O–H groups in total. The molecule has 7 heteroatoms. The van der Waals surface area contributed by atoms with Gasteiger partial charge in [0.2, 0.25) is 5.95 Å². The summed E-state index contributed by atoms with van der Waals surface area (Å²) in [5.74, 6) is 0.594. The van der Waals surface area contributed by atoms with Crippen LogP contribution >= 0.6 is 11.3 Å². The maximum Gasteiger partial charge on any atom is 0.227 e. The third kappa shape index (κ3) is 4.74. The quantitative estimate of drug-likeness (QED) is 0.695. The molecule has 0 atom stereocenters. The number of hydrogen-bond donors (Lipinski definition) is 1. The summed E-state index contributed by atoms with van der Waals surface area (Å²) in [4.78, 5) is 14.9. The summed E-state index contributed by atoms with van der Waals surface area (Å²) in [5.41, 5.74) is 3.18. The Balaban J connectivity index is 1.45. The number of thiophene rings is 1. The first-order valence-electron chi connectivity index (χ1n) is 9.11. The Hall–Kier alpha value is -2.22. The van der Waals surface area contributed by atoms with Gasteiger partial charge in [0, 0.05) is 44.6 Å². The van der Waals surface area contributed by atoms with Crippen molar-refractivity contribution in [2.45, 2.75) is 6.54 Å². The molecule has 1 aliphatic rings. The van der Waals surface area contributed by atoms with Crippen LogP contribution in [0.5, 0.6) is 0 Å². The Labute approximate surface area is 165 Å². The molecule has 136 valence electrons. The number of rotatable bonds is 5. The van der Waals surface area contributed by atoms with Crippen LogP contribution in [-0.4, -0.2) is 60.8 Å². The average Bonchev–Trinajstić information content (AvgIpc) is 3.11. The Morgan fingerprint density at radius 1 is 1.11 bits per heavy atom. The molecule has 4 rings (SSSR count). The van der Waals surface area contributed by atoms with Crippen LogP contribution in [0.1, 0.15) is 5.56 Å². The fourth-order valence-electron chi connectivity index (χ4n) is 3.19. The second-order valence-electron chi connectivity index (χ2n) is 6.87.